The summed E-state index contributed by atoms with van der Waals surface area (Å²) in [5.41, 5.74) is 7.08. The lowest BCUT2D eigenvalue weighted by Crippen LogP contribution is -2.19. The second-order valence-electron chi connectivity index (χ2n) is 4.63. The normalized spacial score (nSPS) is 11.5. The van der Waals surface area contributed by atoms with E-state index < -0.39 is 11.7 Å². The van der Waals surface area contributed by atoms with Crippen LogP contribution < -0.4 is 10.6 Å². The van der Waals surface area contributed by atoms with Crippen molar-refractivity contribution in [2.24, 2.45) is 5.73 Å². The molecule has 0 bridgehead atoms. The minimum atomic E-state index is -4.35. The van der Waals surface area contributed by atoms with Gasteiger partial charge < -0.3 is 10.6 Å². The van der Waals surface area contributed by atoms with Gasteiger partial charge >= 0.3 is 6.18 Å². The molecule has 0 aliphatic rings. The van der Waals surface area contributed by atoms with Crippen LogP contribution in [0.15, 0.2) is 48.5 Å². The molecule has 5 heteroatoms. The van der Waals surface area contributed by atoms with Crippen molar-refractivity contribution >= 4 is 11.4 Å². The smallest absolute Gasteiger partial charge is 0.342 e. The quantitative estimate of drug-likeness (QED) is 0.909. The Kier molecular flexibility index (Phi) is 4.53. The van der Waals surface area contributed by atoms with E-state index in [1.54, 1.807) is 0 Å². The van der Waals surface area contributed by atoms with Crippen LogP contribution in [0.3, 0.4) is 0 Å². The van der Waals surface area contributed by atoms with Gasteiger partial charge in [0.2, 0.25) is 0 Å². The van der Waals surface area contributed by atoms with Crippen LogP contribution in [0.2, 0.25) is 0 Å². The van der Waals surface area contributed by atoms with Gasteiger partial charge in [0, 0.05) is 24.5 Å². The Labute approximate surface area is 122 Å². The predicted octanol–water partition coefficient (Wildman–Crippen LogP) is 4.32. The minimum absolute atomic E-state index is 0.0581. The average Bonchev–Trinajstić information content (AvgIpc) is 2.48. The number of anilines is 2. The molecule has 2 aromatic rings. The van der Waals surface area contributed by atoms with E-state index in [-0.39, 0.29) is 6.54 Å². The Morgan fingerprint density at radius 3 is 2.24 bits per heavy atom. The Morgan fingerprint density at radius 1 is 1.05 bits per heavy atom. The summed E-state index contributed by atoms with van der Waals surface area (Å²) in [6.45, 7) is 2.65. The zero-order valence-electron chi connectivity index (χ0n) is 11.7. The van der Waals surface area contributed by atoms with Crippen molar-refractivity contribution in [3.8, 4) is 0 Å². The Bertz CT molecular complexity index is 594. The second kappa shape index (κ2) is 6.18. The van der Waals surface area contributed by atoms with Crippen LogP contribution in [0.25, 0.3) is 0 Å². The number of nitrogens with two attached hydrogens (primary N) is 1. The Balaban J connectivity index is 2.47. The molecule has 0 saturated carbocycles. The highest BCUT2D eigenvalue weighted by molar-refractivity contribution is 5.67. The van der Waals surface area contributed by atoms with Crippen LogP contribution in [0, 0.1) is 0 Å². The summed E-state index contributed by atoms with van der Waals surface area (Å²) in [6.07, 6.45) is -4.35. The van der Waals surface area contributed by atoms with Crippen molar-refractivity contribution in [2.45, 2.75) is 19.6 Å². The molecule has 0 aliphatic carbocycles. The fraction of sp³-hybridized carbons (Fsp3) is 0.250. The van der Waals surface area contributed by atoms with E-state index in [1.807, 2.05) is 42.2 Å². The third-order valence-corrected chi connectivity index (χ3v) is 3.30. The van der Waals surface area contributed by atoms with Crippen molar-refractivity contribution in [1.82, 2.24) is 0 Å². The van der Waals surface area contributed by atoms with E-state index in [0.29, 0.717) is 17.8 Å². The zero-order valence-corrected chi connectivity index (χ0v) is 11.7. The first-order valence-corrected chi connectivity index (χ1v) is 6.70. The van der Waals surface area contributed by atoms with Gasteiger partial charge in [0.15, 0.2) is 0 Å². The maximum atomic E-state index is 12.8. The highest BCUT2D eigenvalue weighted by Gasteiger charge is 2.31. The third kappa shape index (κ3) is 3.36. The molecule has 2 nitrogen and oxygen atoms in total. The molecule has 0 aliphatic heterocycles. The first-order valence-electron chi connectivity index (χ1n) is 6.70. The highest BCUT2D eigenvalue weighted by atomic mass is 19.4. The summed E-state index contributed by atoms with van der Waals surface area (Å²) >= 11 is 0. The summed E-state index contributed by atoms with van der Waals surface area (Å²) in [5.74, 6) is 0. The van der Waals surface area contributed by atoms with Crippen molar-refractivity contribution in [2.75, 3.05) is 11.4 Å². The van der Waals surface area contributed by atoms with Gasteiger partial charge in [-0.2, -0.15) is 13.2 Å². The molecule has 0 aromatic heterocycles. The minimum Gasteiger partial charge on any atom is -0.342 e. The van der Waals surface area contributed by atoms with Gasteiger partial charge in [0.05, 0.1) is 5.56 Å². The molecule has 0 spiro atoms. The molecular weight excluding hydrogens is 277 g/mol. The van der Waals surface area contributed by atoms with Crippen LogP contribution in [-0.4, -0.2) is 6.54 Å². The van der Waals surface area contributed by atoms with E-state index >= 15 is 0 Å². The van der Waals surface area contributed by atoms with E-state index in [0.717, 1.165) is 17.8 Å². The first-order chi connectivity index (χ1) is 9.97. The number of nitrogens with zero attached hydrogens (tertiary/aromatic N) is 1. The molecule has 0 radical (unpaired) electrons. The number of hydrogen-bond acceptors (Lipinski definition) is 2. The molecule has 0 saturated heterocycles. The number of halogens is 3. The molecule has 0 fully saturated rings. The topological polar surface area (TPSA) is 29.3 Å². The predicted molar refractivity (Wildman–Crippen MR) is 78.5 cm³/mol. The zero-order chi connectivity index (χ0) is 15.5. The average molecular weight is 294 g/mol. The van der Waals surface area contributed by atoms with E-state index in [1.165, 1.54) is 6.07 Å². The summed E-state index contributed by atoms with van der Waals surface area (Å²) in [6, 6.07) is 13.2. The highest BCUT2D eigenvalue weighted by Crippen LogP contribution is 2.34. The van der Waals surface area contributed by atoms with Crippen LogP contribution in [0.4, 0.5) is 24.5 Å². The summed E-state index contributed by atoms with van der Waals surface area (Å²) < 4.78 is 38.4. The molecule has 2 aromatic carbocycles. The molecule has 112 valence electrons. The van der Waals surface area contributed by atoms with Crippen molar-refractivity contribution in [3.05, 3.63) is 59.7 Å². The standard InChI is InChI=1S/C16H17F3N2/c1-2-21(14-6-4-3-5-7-14)15-9-8-13(16(17,18)19)10-12(15)11-20/h3-10H,2,11,20H2,1H3. The molecular formula is C16H17F3N2. The lowest BCUT2D eigenvalue weighted by molar-refractivity contribution is -0.137. The van der Waals surface area contributed by atoms with Crippen LogP contribution in [-0.2, 0) is 12.7 Å². The lowest BCUT2D eigenvalue weighted by atomic mass is 10.1. The summed E-state index contributed by atoms with van der Waals surface area (Å²) in [5, 5.41) is 0. The van der Waals surface area contributed by atoms with Gasteiger partial charge in [0.1, 0.15) is 0 Å². The maximum absolute atomic E-state index is 12.8. The number of hydrogen-bond donors (Lipinski definition) is 1. The largest absolute Gasteiger partial charge is 0.416 e. The number of benzene rings is 2. The van der Waals surface area contributed by atoms with Gasteiger partial charge in [0.25, 0.3) is 0 Å². The number of rotatable bonds is 4. The number of alkyl halides is 3. The van der Waals surface area contributed by atoms with Crippen LogP contribution >= 0.6 is 0 Å². The van der Waals surface area contributed by atoms with Crippen molar-refractivity contribution in [1.29, 1.82) is 0 Å². The van der Waals surface area contributed by atoms with Gasteiger partial charge in [-0.1, -0.05) is 18.2 Å². The Hall–Kier alpha value is -2.01. The van der Waals surface area contributed by atoms with Crippen LogP contribution in [0.5, 0.6) is 0 Å². The molecule has 0 heterocycles. The van der Waals surface area contributed by atoms with Gasteiger partial charge in [-0.3, -0.25) is 0 Å². The SMILES string of the molecule is CCN(c1ccccc1)c1ccc(C(F)(F)F)cc1CN. The fourth-order valence-electron chi connectivity index (χ4n) is 2.29. The Morgan fingerprint density at radius 2 is 1.71 bits per heavy atom. The van der Waals surface area contributed by atoms with Gasteiger partial charge in [-0.05, 0) is 42.8 Å². The fourth-order valence-corrected chi connectivity index (χ4v) is 2.29. The molecule has 21 heavy (non-hydrogen) atoms. The van der Waals surface area contributed by atoms with E-state index in [2.05, 4.69) is 0 Å². The van der Waals surface area contributed by atoms with E-state index in [4.69, 9.17) is 5.73 Å². The first kappa shape index (κ1) is 15.4. The van der Waals surface area contributed by atoms with E-state index in [9.17, 15) is 13.2 Å². The molecule has 2 rings (SSSR count). The lowest BCUT2D eigenvalue weighted by Gasteiger charge is -2.26. The molecule has 0 atom stereocenters. The van der Waals surface area contributed by atoms with Gasteiger partial charge in [-0.25, -0.2) is 0 Å². The van der Waals surface area contributed by atoms with Crippen molar-refractivity contribution in [3.63, 3.8) is 0 Å². The molecule has 0 amide bonds. The molecule has 0 unspecified atom stereocenters. The number of para-hydroxylation sites is 1. The maximum Gasteiger partial charge on any atom is 0.416 e. The monoisotopic (exact) mass is 294 g/mol. The summed E-state index contributed by atoms with van der Waals surface area (Å²) in [7, 11) is 0. The third-order valence-electron chi connectivity index (χ3n) is 3.30. The van der Waals surface area contributed by atoms with Crippen LogP contribution in [0.1, 0.15) is 18.1 Å². The van der Waals surface area contributed by atoms with Gasteiger partial charge in [-0.15, -0.1) is 0 Å². The van der Waals surface area contributed by atoms with Crippen molar-refractivity contribution < 1.29 is 13.2 Å². The summed E-state index contributed by atoms with van der Waals surface area (Å²) in [4.78, 5) is 1.95. The molecule has 2 N–H and O–H groups in total. The second-order valence-corrected chi connectivity index (χ2v) is 4.63.